The lowest BCUT2D eigenvalue weighted by molar-refractivity contribution is 0.0680. The maximum absolute atomic E-state index is 11.2. The molecular weight excluding hydrogens is 329 g/mol. The third-order valence-corrected chi connectivity index (χ3v) is 4.59. The van der Waals surface area contributed by atoms with Gasteiger partial charge >= 0.3 is 5.97 Å². The quantitative estimate of drug-likeness (QED) is 0.843. The summed E-state index contributed by atoms with van der Waals surface area (Å²) >= 11 is 2.18. The van der Waals surface area contributed by atoms with E-state index >= 15 is 0 Å². The van der Waals surface area contributed by atoms with Crippen LogP contribution in [0, 0.1) is 8.99 Å². The van der Waals surface area contributed by atoms with E-state index in [0.29, 0.717) is 11.1 Å². The smallest absolute Gasteiger partial charge is 0.352 e. The van der Waals surface area contributed by atoms with Gasteiger partial charge in [0.05, 0.1) is 0 Å². The molecule has 1 saturated carbocycles. The molecule has 0 aromatic carbocycles. The Hall–Kier alpha value is -0.520. The Morgan fingerprint density at radius 3 is 2.71 bits per heavy atom. The molecule has 1 aromatic heterocycles. The van der Waals surface area contributed by atoms with Crippen LogP contribution >= 0.6 is 22.6 Å². The molecule has 4 heteroatoms. The lowest BCUT2D eigenvalue weighted by atomic mass is 9.83. The van der Waals surface area contributed by atoms with Gasteiger partial charge in [0, 0.05) is 16.3 Å². The molecule has 1 aliphatic rings. The van der Waals surface area contributed by atoms with Crippen molar-refractivity contribution in [2.24, 2.45) is 5.41 Å². The zero-order valence-electron chi connectivity index (χ0n) is 10.1. The number of hydrogen-bond donors (Lipinski definition) is 1. The molecule has 1 fully saturated rings. The van der Waals surface area contributed by atoms with Crippen LogP contribution in [0.1, 0.15) is 49.5 Å². The minimum atomic E-state index is -0.822. The summed E-state index contributed by atoms with van der Waals surface area (Å²) in [4.78, 5) is 11.2. The first kappa shape index (κ1) is 12.9. The van der Waals surface area contributed by atoms with Gasteiger partial charge < -0.3 is 9.67 Å². The molecule has 1 N–H and O–H groups in total. The molecule has 0 unspecified atom stereocenters. The number of carbonyl (C=O) groups is 1. The number of aromatic nitrogens is 1. The molecule has 0 saturated heterocycles. The van der Waals surface area contributed by atoms with Crippen LogP contribution in [0.5, 0.6) is 0 Å². The van der Waals surface area contributed by atoms with E-state index in [1.807, 2.05) is 10.8 Å². The van der Waals surface area contributed by atoms with Gasteiger partial charge in [0.2, 0.25) is 0 Å². The van der Waals surface area contributed by atoms with Crippen LogP contribution in [0.3, 0.4) is 0 Å². The SMILES string of the molecule is CCC1(Cn2cc(I)cc2C(=O)O)CCCC1. The van der Waals surface area contributed by atoms with Crippen molar-refractivity contribution in [3.05, 3.63) is 21.5 Å². The third kappa shape index (κ3) is 2.67. The standard InChI is InChI=1S/C13H18INO2/c1-2-13(5-3-4-6-13)9-15-8-10(14)7-11(15)12(16)17/h7-8H,2-6,9H2,1H3,(H,16,17). The molecule has 1 aliphatic carbocycles. The molecular formula is C13H18INO2. The minimum absolute atomic E-state index is 0.326. The number of carboxylic acids is 1. The summed E-state index contributed by atoms with van der Waals surface area (Å²) in [6.07, 6.45) is 8.14. The lowest BCUT2D eigenvalue weighted by Crippen LogP contribution is -2.24. The average Bonchev–Trinajstić information content (AvgIpc) is 2.87. The molecule has 1 heterocycles. The zero-order chi connectivity index (χ0) is 12.5. The Labute approximate surface area is 115 Å². The van der Waals surface area contributed by atoms with Crippen molar-refractivity contribution >= 4 is 28.6 Å². The van der Waals surface area contributed by atoms with E-state index in [-0.39, 0.29) is 0 Å². The van der Waals surface area contributed by atoms with Gasteiger partial charge in [0.25, 0.3) is 0 Å². The van der Waals surface area contributed by atoms with Gasteiger partial charge in [0.15, 0.2) is 0 Å². The highest BCUT2D eigenvalue weighted by Crippen LogP contribution is 2.42. The molecule has 0 amide bonds. The summed E-state index contributed by atoms with van der Waals surface area (Å²) in [6, 6.07) is 1.75. The van der Waals surface area contributed by atoms with E-state index in [4.69, 9.17) is 0 Å². The van der Waals surface area contributed by atoms with E-state index in [2.05, 4.69) is 29.5 Å². The second kappa shape index (κ2) is 5.00. The van der Waals surface area contributed by atoms with Crippen LogP contribution in [0.15, 0.2) is 12.3 Å². The largest absolute Gasteiger partial charge is 0.477 e. The summed E-state index contributed by atoms with van der Waals surface area (Å²) in [5.41, 5.74) is 0.751. The second-order valence-corrected chi connectivity index (χ2v) is 6.28. The third-order valence-electron chi connectivity index (χ3n) is 4.00. The van der Waals surface area contributed by atoms with Crippen molar-refractivity contribution in [1.29, 1.82) is 0 Å². The van der Waals surface area contributed by atoms with Gasteiger partial charge in [-0.25, -0.2) is 4.79 Å². The van der Waals surface area contributed by atoms with Gasteiger partial charge in [-0.1, -0.05) is 19.8 Å². The van der Waals surface area contributed by atoms with E-state index < -0.39 is 5.97 Å². The molecule has 0 spiro atoms. The predicted octanol–water partition coefficient (Wildman–Crippen LogP) is 3.76. The maximum atomic E-state index is 11.2. The topological polar surface area (TPSA) is 42.2 Å². The van der Waals surface area contributed by atoms with E-state index in [1.165, 1.54) is 25.7 Å². The summed E-state index contributed by atoms with van der Waals surface area (Å²) in [5.74, 6) is -0.822. The summed E-state index contributed by atoms with van der Waals surface area (Å²) in [7, 11) is 0. The molecule has 2 rings (SSSR count). The van der Waals surface area contributed by atoms with Gasteiger partial charge in [-0.2, -0.15) is 0 Å². The van der Waals surface area contributed by atoms with E-state index in [9.17, 15) is 9.90 Å². The van der Waals surface area contributed by atoms with Gasteiger partial charge in [-0.05, 0) is 53.3 Å². The summed E-state index contributed by atoms with van der Waals surface area (Å²) in [6.45, 7) is 3.08. The van der Waals surface area contributed by atoms with Crippen LogP contribution in [0.4, 0.5) is 0 Å². The molecule has 94 valence electrons. The minimum Gasteiger partial charge on any atom is -0.477 e. The Balaban J connectivity index is 2.25. The number of hydrogen-bond acceptors (Lipinski definition) is 1. The molecule has 3 nitrogen and oxygen atoms in total. The molecule has 0 radical (unpaired) electrons. The normalized spacial score (nSPS) is 18.5. The van der Waals surface area contributed by atoms with E-state index in [1.54, 1.807) is 6.07 Å². The summed E-state index contributed by atoms with van der Waals surface area (Å²) < 4.78 is 2.93. The Morgan fingerprint density at radius 2 is 2.18 bits per heavy atom. The van der Waals surface area contributed by atoms with Gasteiger partial charge in [-0.15, -0.1) is 0 Å². The fraction of sp³-hybridized carbons (Fsp3) is 0.615. The van der Waals surface area contributed by atoms with Crippen molar-refractivity contribution in [1.82, 2.24) is 4.57 Å². The number of halogens is 1. The number of carboxylic acid groups (broad SMARTS) is 1. The highest BCUT2D eigenvalue weighted by molar-refractivity contribution is 14.1. The van der Waals surface area contributed by atoms with Crippen molar-refractivity contribution in [2.75, 3.05) is 0 Å². The second-order valence-electron chi connectivity index (χ2n) is 5.04. The van der Waals surface area contributed by atoms with E-state index in [0.717, 1.165) is 16.5 Å². The summed E-state index contributed by atoms with van der Waals surface area (Å²) in [5, 5.41) is 9.19. The number of nitrogens with zero attached hydrogens (tertiary/aromatic N) is 1. The Morgan fingerprint density at radius 1 is 1.53 bits per heavy atom. The predicted molar refractivity (Wildman–Crippen MR) is 75.3 cm³/mol. The first-order valence-corrected chi connectivity index (χ1v) is 7.23. The lowest BCUT2D eigenvalue weighted by Gasteiger charge is -2.28. The zero-order valence-corrected chi connectivity index (χ0v) is 12.2. The highest BCUT2D eigenvalue weighted by atomic mass is 127. The van der Waals surface area contributed by atoms with Gasteiger partial charge in [-0.3, -0.25) is 0 Å². The van der Waals surface area contributed by atoms with Crippen LogP contribution in [-0.2, 0) is 6.54 Å². The van der Waals surface area contributed by atoms with Crippen LogP contribution in [0.25, 0.3) is 0 Å². The number of rotatable bonds is 4. The Bertz CT molecular complexity index is 419. The molecule has 0 bridgehead atoms. The monoisotopic (exact) mass is 347 g/mol. The van der Waals surface area contributed by atoms with Crippen LogP contribution < -0.4 is 0 Å². The van der Waals surface area contributed by atoms with Crippen molar-refractivity contribution in [3.63, 3.8) is 0 Å². The maximum Gasteiger partial charge on any atom is 0.352 e. The molecule has 0 aliphatic heterocycles. The molecule has 1 aromatic rings. The van der Waals surface area contributed by atoms with Gasteiger partial charge in [0.1, 0.15) is 5.69 Å². The van der Waals surface area contributed by atoms with Crippen LogP contribution in [0.2, 0.25) is 0 Å². The highest BCUT2D eigenvalue weighted by Gasteiger charge is 2.33. The fourth-order valence-corrected chi connectivity index (χ4v) is 3.53. The Kier molecular flexibility index (Phi) is 3.80. The van der Waals surface area contributed by atoms with Crippen molar-refractivity contribution in [2.45, 2.75) is 45.6 Å². The van der Waals surface area contributed by atoms with Crippen molar-refractivity contribution < 1.29 is 9.90 Å². The van der Waals surface area contributed by atoms with Crippen molar-refractivity contribution in [3.8, 4) is 0 Å². The first-order chi connectivity index (χ1) is 8.06. The molecule has 0 atom stereocenters. The fourth-order valence-electron chi connectivity index (χ4n) is 2.89. The first-order valence-electron chi connectivity index (χ1n) is 6.15. The van der Waals surface area contributed by atoms with Crippen LogP contribution in [-0.4, -0.2) is 15.6 Å². The average molecular weight is 347 g/mol. The molecule has 17 heavy (non-hydrogen) atoms. The number of aromatic carboxylic acids is 1.